The van der Waals surface area contributed by atoms with Gasteiger partial charge in [-0.15, -0.1) is 0 Å². The van der Waals surface area contributed by atoms with Crippen LogP contribution in [0.25, 0.3) is 0 Å². The number of esters is 1. The number of ether oxygens (including phenoxy) is 2. The molecule has 8 heteroatoms. The van der Waals surface area contributed by atoms with Gasteiger partial charge in [0.1, 0.15) is 11.5 Å². The monoisotopic (exact) mass is 445 g/mol. The van der Waals surface area contributed by atoms with E-state index < -0.39 is 5.97 Å². The first kappa shape index (κ1) is 21.9. The van der Waals surface area contributed by atoms with Gasteiger partial charge in [0.2, 0.25) is 0 Å². The Morgan fingerprint density at radius 1 is 1.03 bits per heavy atom. The van der Waals surface area contributed by atoms with Crippen LogP contribution in [0.3, 0.4) is 0 Å². The zero-order valence-electron chi connectivity index (χ0n) is 18.3. The molecule has 0 spiro atoms. The fraction of sp³-hybridized carbons (Fsp3) is 0.160. The Morgan fingerprint density at radius 3 is 2.45 bits per heavy atom. The van der Waals surface area contributed by atoms with Crippen molar-refractivity contribution in [1.82, 2.24) is 5.32 Å². The summed E-state index contributed by atoms with van der Waals surface area (Å²) in [6.45, 7) is 3.03. The van der Waals surface area contributed by atoms with Gasteiger partial charge in [-0.05, 0) is 67.1 Å². The summed E-state index contributed by atoms with van der Waals surface area (Å²) in [6, 6.07) is 18.4. The van der Waals surface area contributed by atoms with Gasteiger partial charge in [-0.1, -0.05) is 12.1 Å². The molecule has 168 valence electrons. The number of benzene rings is 3. The minimum atomic E-state index is -0.513. The van der Waals surface area contributed by atoms with Crippen molar-refractivity contribution in [3.8, 4) is 11.5 Å². The van der Waals surface area contributed by atoms with Crippen LogP contribution in [0.4, 0.5) is 16.2 Å². The Balaban J connectivity index is 1.40. The number of methoxy groups -OCH3 is 1. The first-order chi connectivity index (χ1) is 16.0. The van der Waals surface area contributed by atoms with Gasteiger partial charge in [0.05, 0.1) is 18.2 Å². The lowest BCUT2D eigenvalue weighted by Crippen LogP contribution is -2.28. The maximum Gasteiger partial charge on any atom is 0.343 e. The highest BCUT2D eigenvalue weighted by molar-refractivity contribution is 6.06. The molecule has 3 amide bonds. The molecule has 8 nitrogen and oxygen atoms in total. The predicted molar refractivity (Wildman–Crippen MR) is 124 cm³/mol. The molecular formula is C25H23N3O5. The molecule has 1 saturated heterocycles. The second-order valence-corrected chi connectivity index (χ2v) is 7.45. The first-order valence-electron chi connectivity index (χ1n) is 10.4. The van der Waals surface area contributed by atoms with Crippen molar-refractivity contribution in [3.63, 3.8) is 0 Å². The van der Waals surface area contributed by atoms with Crippen LogP contribution < -0.4 is 25.0 Å². The molecule has 3 aromatic carbocycles. The van der Waals surface area contributed by atoms with Crippen molar-refractivity contribution in [2.75, 3.05) is 30.4 Å². The predicted octanol–water partition coefficient (Wildman–Crippen LogP) is 4.00. The fourth-order valence-electron chi connectivity index (χ4n) is 3.59. The highest BCUT2D eigenvalue weighted by Crippen LogP contribution is 2.25. The maximum atomic E-state index is 12.6. The summed E-state index contributed by atoms with van der Waals surface area (Å²) in [5.41, 5.74) is 2.91. The van der Waals surface area contributed by atoms with Gasteiger partial charge in [0, 0.05) is 24.5 Å². The molecule has 0 saturated carbocycles. The SMILES string of the molecule is COc1ccccc1C(=O)Nc1ccc(OC(=O)c2ccc(N3CCNC3=O)c(C)c2)cc1. The zero-order valence-corrected chi connectivity index (χ0v) is 18.3. The van der Waals surface area contributed by atoms with Crippen molar-refractivity contribution in [1.29, 1.82) is 0 Å². The van der Waals surface area contributed by atoms with Gasteiger partial charge >= 0.3 is 12.0 Å². The Kier molecular flexibility index (Phi) is 6.26. The quantitative estimate of drug-likeness (QED) is 0.442. The normalized spacial score (nSPS) is 12.8. The molecule has 0 unspecified atom stereocenters. The van der Waals surface area contributed by atoms with E-state index in [-0.39, 0.29) is 11.9 Å². The van der Waals surface area contributed by atoms with Crippen LogP contribution >= 0.6 is 0 Å². The van der Waals surface area contributed by atoms with E-state index in [0.717, 1.165) is 11.3 Å². The van der Waals surface area contributed by atoms with Crippen LogP contribution in [-0.2, 0) is 0 Å². The lowest BCUT2D eigenvalue weighted by atomic mass is 10.1. The van der Waals surface area contributed by atoms with E-state index in [1.807, 2.05) is 6.92 Å². The number of anilines is 2. The summed E-state index contributed by atoms with van der Waals surface area (Å²) in [4.78, 5) is 38.6. The Morgan fingerprint density at radius 2 is 1.79 bits per heavy atom. The van der Waals surface area contributed by atoms with Crippen LogP contribution in [0.5, 0.6) is 11.5 Å². The van der Waals surface area contributed by atoms with E-state index in [0.29, 0.717) is 41.4 Å². The number of para-hydroxylation sites is 1. The third-order valence-electron chi connectivity index (χ3n) is 5.25. The topological polar surface area (TPSA) is 97.0 Å². The van der Waals surface area contributed by atoms with Gasteiger partial charge in [-0.3, -0.25) is 9.69 Å². The summed E-state index contributed by atoms with van der Waals surface area (Å²) >= 11 is 0. The summed E-state index contributed by atoms with van der Waals surface area (Å²) in [5.74, 6) is 0.00365. The number of hydrogen-bond donors (Lipinski definition) is 2. The molecule has 1 aliphatic rings. The third-order valence-corrected chi connectivity index (χ3v) is 5.25. The van der Waals surface area contributed by atoms with E-state index in [4.69, 9.17) is 9.47 Å². The van der Waals surface area contributed by atoms with Crippen LogP contribution in [0.1, 0.15) is 26.3 Å². The van der Waals surface area contributed by atoms with Gasteiger partial charge in [-0.2, -0.15) is 0 Å². The van der Waals surface area contributed by atoms with Crippen LogP contribution in [-0.4, -0.2) is 38.1 Å². The lowest BCUT2D eigenvalue weighted by molar-refractivity contribution is 0.0734. The van der Waals surface area contributed by atoms with E-state index in [1.165, 1.54) is 7.11 Å². The Bertz CT molecular complexity index is 1210. The second kappa shape index (κ2) is 9.44. The highest BCUT2D eigenvalue weighted by atomic mass is 16.5. The second-order valence-electron chi connectivity index (χ2n) is 7.45. The van der Waals surface area contributed by atoms with Crippen LogP contribution in [0.2, 0.25) is 0 Å². The Hall–Kier alpha value is -4.33. The summed E-state index contributed by atoms with van der Waals surface area (Å²) in [7, 11) is 1.51. The number of hydrogen-bond acceptors (Lipinski definition) is 5. The van der Waals surface area contributed by atoms with Crippen molar-refractivity contribution < 1.29 is 23.9 Å². The van der Waals surface area contributed by atoms with E-state index in [9.17, 15) is 14.4 Å². The molecular weight excluding hydrogens is 422 g/mol. The number of nitrogens with one attached hydrogen (secondary N) is 2. The van der Waals surface area contributed by atoms with E-state index >= 15 is 0 Å². The third kappa shape index (κ3) is 4.79. The fourth-order valence-corrected chi connectivity index (χ4v) is 3.59. The van der Waals surface area contributed by atoms with Crippen molar-refractivity contribution in [2.45, 2.75) is 6.92 Å². The Labute approximate surface area is 191 Å². The molecule has 1 aliphatic heterocycles. The average molecular weight is 445 g/mol. The van der Waals surface area contributed by atoms with Crippen molar-refractivity contribution in [2.24, 2.45) is 0 Å². The molecule has 1 fully saturated rings. The number of urea groups is 1. The molecule has 33 heavy (non-hydrogen) atoms. The van der Waals surface area contributed by atoms with Crippen LogP contribution in [0, 0.1) is 6.92 Å². The number of nitrogens with zero attached hydrogens (tertiary/aromatic N) is 1. The molecule has 0 atom stereocenters. The summed E-state index contributed by atoms with van der Waals surface area (Å²) in [5, 5.41) is 5.55. The molecule has 0 bridgehead atoms. The first-order valence-corrected chi connectivity index (χ1v) is 10.4. The summed E-state index contributed by atoms with van der Waals surface area (Å²) in [6.07, 6.45) is 0. The van der Waals surface area contributed by atoms with Crippen LogP contribution in [0.15, 0.2) is 66.7 Å². The van der Waals surface area contributed by atoms with E-state index in [1.54, 1.807) is 71.6 Å². The standard InChI is InChI=1S/C25H23N3O5/c1-16-15-17(7-12-21(16)28-14-13-26-25(28)31)24(30)33-19-10-8-18(9-11-19)27-23(29)20-5-3-4-6-22(20)32-2/h3-12,15H,13-14H2,1-2H3,(H,26,31)(H,27,29). The number of rotatable bonds is 6. The minimum Gasteiger partial charge on any atom is -0.496 e. The summed E-state index contributed by atoms with van der Waals surface area (Å²) < 4.78 is 10.7. The number of carbonyl (C=O) groups is 3. The van der Waals surface area contributed by atoms with Crippen molar-refractivity contribution in [3.05, 3.63) is 83.4 Å². The van der Waals surface area contributed by atoms with E-state index in [2.05, 4.69) is 10.6 Å². The molecule has 3 aromatic rings. The number of aryl methyl sites for hydroxylation is 1. The lowest BCUT2D eigenvalue weighted by Gasteiger charge is -2.17. The van der Waals surface area contributed by atoms with Crippen molar-refractivity contribution >= 4 is 29.3 Å². The van der Waals surface area contributed by atoms with Gasteiger partial charge in [-0.25, -0.2) is 9.59 Å². The molecule has 2 N–H and O–H groups in total. The molecule has 0 aliphatic carbocycles. The molecule has 4 rings (SSSR count). The number of carbonyl (C=O) groups excluding carboxylic acids is 3. The molecule has 0 radical (unpaired) electrons. The average Bonchev–Trinajstić information content (AvgIpc) is 3.25. The minimum absolute atomic E-state index is 0.147. The zero-order chi connectivity index (χ0) is 23.4. The molecule has 0 aromatic heterocycles. The number of amides is 3. The van der Waals surface area contributed by atoms with Gasteiger partial charge in [0.15, 0.2) is 0 Å². The maximum absolute atomic E-state index is 12.6. The largest absolute Gasteiger partial charge is 0.496 e. The van der Waals surface area contributed by atoms with Gasteiger partial charge < -0.3 is 20.1 Å². The molecule has 1 heterocycles. The van der Waals surface area contributed by atoms with Gasteiger partial charge in [0.25, 0.3) is 5.91 Å². The highest BCUT2D eigenvalue weighted by Gasteiger charge is 2.23. The smallest absolute Gasteiger partial charge is 0.343 e.